The van der Waals surface area contributed by atoms with Gasteiger partial charge in [0.15, 0.2) is 5.78 Å². The lowest BCUT2D eigenvalue weighted by Crippen LogP contribution is -2.37. The van der Waals surface area contributed by atoms with Crippen LogP contribution in [-0.4, -0.2) is 19.0 Å². The van der Waals surface area contributed by atoms with Crippen LogP contribution in [0.2, 0.25) is 0 Å². The SMILES string of the molecule is COC(C(=O)Cc1ccc(C(C)(C)C)cc1)C(C)(C)C. The average molecular weight is 276 g/mol. The molecule has 0 N–H and O–H groups in total. The Morgan fingerprint density at radius 1 is 1.05 bits per heavy atom. The fraction of sp³-hybridized carbons (Fsp3) is 0.611. The Bertz CT molecular complexity index is 444. The number of methoxy groups -OCH3 is 1. The maximum atomic E-state index is 12.3. The molecule has 0 aliphatic rings. The summed E-state index contributed by atoms with van der Waals surface area (Å²) in [6.07, 6.45) is 0.0741. The van der Waals surface area contributed by atoms with Gasteiger partial charge in [-0.15, -0.1) is 0 Å². The Labute approximate surface area is 123 Å². The normalized spacial score (nSPS) is 14.2. The number of ether oxygens (including phenoxy) is 1. The van der Waals surface area contributed by atoms with E-state index in [1.807, 2.05) is 32.9 Å². The Hall–Kier alpha value is -1.15. The molecule has 0 aliphatic heterocycles. The highest BCUT2D eigenvalue weighted by Gasteiger charge is 2.30. The van der Waals surface area contributed by atoms with E-state index < -0.39 is 0 Å². The van der Waals surface area contributed by atoms with E-state index in [9.17, 15) is 4.79 Å². The molecule has 0 aliphatic carbocycles. The molecular formula is C18H28O2. The predicted molar refractivity (Wildman–Crippen MR) is 84.1 cm³/mol. The Kier molecular flexibility index (Phi) is 5.15. The van der Waals surface area contributed by atoms with Gasteiger partial charge in [-0.05, 0) is 22.0 Å². The smallest absolute Gasteiger partial charge is 0.166 e. The standard InChI is InChI=1S/C18H28O2/c1-17(2,3)14-10-8-13(9-11-14)12-15(19)16(20-7)18(4,5)6/h8-11,16H,12H2,1-7H3. The molecule has 1 unspecified atom stereocenters. The topological polar surface area (TPSA) is 26.3 Å². The summed E-state index contributed by atoms with van der Waals surface area (Å²) in [5.74, 6) is 0.142. The van der Waals surface area contributed by atoms with Crippen LogP contribution in [0.15, 0.2) is 24.3 Å². The summed E-state index contributed by atoms with van der Waals surface area (Å²) >= 11 is 0. The van der Waals surface area contributed by atoms with Crippen molar-refractivity contribution >= 4 is 5.78 Å². The summed E-state index contributed by atoms with van der Waals surface area (Å²) in [6, 6.07) is 8.32. The van der Waals surface area contributed by atoms with Gasteiger partial charge in [0.25, 0.3) is 0 Å². The summed E-state index contributed by atoms with van der Waals surface area (Å²) in [7, 11) is 1.61. The first-order valence-electron chi connectivity index (χ1n) is 7.20. The van der Waals surface area contributed by atoms with Crippen LogP contribution >= 0.6 is 0 Å². The van der Waals surface area contributed by atoms with Gasteiger partial charge in [0, 0.05) is 13.5 Å². The summed E-state index contributed by atoms with van der Waals surface area (Å²) in [5.41, 5.74) is 2.31. The second kappa shape index (κ2) is 6.09. The zero-order valence-electron chi connectivity index (χ0n) is 13.9. The fourth-order valence-electron chi connectivity index (χ4n) is 2.38. The van der Waals surface area contributed by atoms with Gasteiger partial charge in [0.05, 0.1) is 0 Å². The molecule has 0 radical (unpaired) electrons. The third kappa shape index (κ3) is 4.45. The van der Waals surface area contributed by atoms with Crippen molar-refractivity contribution in [1.82, 2.24) is 0 Å². The minimum atomic E-state index is -0.357. The largest absolute Gasteiger partial charge is 0.373 e. The van der Waals surface area contributed by atoms with E-state index in [1.165, 1.54) is 5.56 Å². The average Bonchev–Trinajstić information content (AvgIpc) is 2.27. The number of ketones is 1. The minimum absolute atomic E-state index is 0.142. The highest BCUT2D eigenvalue weighted by atomic mass is 16.5. The third-order valence-corrected chi connectivity index (χ3v) is 3.51. The molecule has 2 nitrogen and oxygen atoms in total. The minimum Gasteiger partial charge on any atom is -0.373 e. The van der Waals surface area contributed by atoms with Crippen molar-refractivity contribution in [3.05, 3.63) is 35.4 Å². The maximum Gasteiger partial charge on any atom is 0.166 e. The van der Waals surface area contributed by atoms with Crippen molar-refractivity contribution in [2.75, 3.05) is 7.11 Å². The van der Waals surface area contributed by atoms with Crippen LogP contribution in [0.3, 0.4) is 0 Å². The van der Waals surface area contributed by atoms with Gasteiger partial charge >= 0.3 is 0 Å². The fourth-order valence-corrected chi connectivity index (χ4v) is 2.38. The van der Waals surface area contributed by atoms with E-state index >= 15 is 0 Å². The molecule has 1 rings (SSSR count). The van der Waals surface area contributed by atoms with E-state index in [0.717, 1.165) is 5.56 Å². The van der Waals surface area contributed by atoms with Crippen LogP contribution in [-0.2, 0) is 21.4 Å². The number of rotatable bonds is 4. The third-order valence-electron chi connectivity index (χ3n) is 3.51. The van der Waals surface area contributed by atoms with Crippen LogP contribution in [0.5, 0.6) is 0 Å². The highest BCUT2D eigenvalue weighted by Crippen LogP contribution is 2.25. The van der Waals surface area contributed by atoms with Crippen molar-refractivity contribution in [2.45, 2.75) is 59.5 Å². The molecule has 1 atom stereocenters. The molecular weight excluding hydrogens is 248 g/mol. The zero-order valence-corrected chi connectivity index (χ0v) is 13.9. The summed E-state index contributed by atoms with van der Waals surface area (Å²) in [5, 5.41) is 0. The molecule has 0 spiro atoms. The van der Waals surface area contributed by atoms with Crippen molar-refractivity contribution < 1.29 is 9.53 Å². The van der Waals surface area contributed by atoms with Crippen molar-refractivity contribution in [3.63, 3.8) is 0 Å². The van der Waals surface area contributed by atoms with E-state index in [4.69, 9.17) is 4.74 Å². The molecule has 0 saturated carbocycles. The Morgan fingerprint density at radius 2 is 1.55 bits per heavy atom. The van der Waals surface area contributed by atoms with Gasteiger partial charge in [-0.1, -0.05) is 65.8 Å². The first-order valence-corrected chi connectivity index (χ1v) is 7.20. The molecule has 112 valence electrons. The Morgan fingerprint density at radius 3 is 1.90 bits per heavy atom. The van der Waals surface area contributed by atoms with E-state index in [0.29, 0.717) is 6.42 Å². The van der Waals surface area contributed by atoms with Gasteiger partial charge < -0.3 is 4.74 Å². The number of hydrogen-bond acceptors (Lipinski definition) is 2. The van der Waals surface area contributed by atoms with Gasteiger partial charge in [-0.25, -0.2) is 0 Å². The quantitative estimate of drug-likeness (QED) is 0.825. The van der Waals surface area contributed by atoms with Gasteiger partial charge in [-0.3, -0.25) is 4.79 Å². The van der Waals surface area contributed by atoms with Crippen LogP contribution in [0.25, 0.3) is 0 Å². The molecule has 0 bridgehead atoms. The molecule has 1 aromatic rings. The monoisotopic (exact) mass is 276 g/mol. The summed E-state index contributed by atoms with van der Waals surface area (Å²) in [6.45, 7) is 12.7. The van der Waals surface area contributed by atoms with Crippen LogP contribution in [0.4, 0.5) is 0 Å². The first-order chi connectivity index (χ1) is 9.05. The van der Waals surface area contributed by atoms with Crippen molar-refractivity contribution in [3.8, 4) is 0 Å². The van der Waals surface area contributed by atoms with Gasteiger partial charge in [0.1, 0.15) is 6.10 Å². The first kappa shape index (κ1) is 16.9. The lowest BCUT2D eigenvalue weighted by molar-refractivity contribution is -0.134. The van der Waals surface area contributed by atoms with E-state index in [-0.39, 0.29) is 22.7 Å². The van der Waals surface area contributed by atoms with Crippen molar-refractivity contribution in [1.29, 1.82) is 0 Å². The molecule has 0 fully saturated rings. The van der Waals surface area contributed by atoms with Crippen LogP contribution in [0.1, 0.15) is 52.7 Å². The number of Topliss-reactive ketones (excluding diaryl/α,β-unsaturated/α-hetero) is 1. The van der Waals surface area contributed by atoms with Gasteiger partial charge in [0.2, 0.25) is 0 Å². The number of hydrogen-bond donors (Lipinski definition) is 0. The summed E-state index contributed by atoms with van der Waals surface area (Å²) < 4.78 is 5.38. The molecule has 0 heterocycles. The number of benzene rings is 1. The second-order valence-corrected chi connectivity index (χ2v) is 7.57. The van der Waals surface area contributed by atoms with Crippen molar-refractivity contribution in [2.24, 2.45) is 5.41 Å². The molecule has 1 aromatic carbocycles. The highest BCUT2D eigenvalue weighted by molar-refractivity contribution is 5.86. The predicted octanol–water partition coefficient (Wildman–Crippen LogP) is 4.16. The molecule has 2 heteroatoms. The molecule has 0 amide bonds. The van der Waals surface area contributed by atoms with E-state index in [1.54, 1.807) is 7.11 Å². The van der Waals surface area contributed by atoms with Crippen LogP contribution < -0.4 is 0 Å². The second-order valence-electron chi connectivity index (χ2n) is 7.57. The lowest BCUT2D eigenvalue weighted by Gasteiger charge is -2.28. The van der Waals surface area contributed by atoms with Crippen LogP contribution in [0, 0.1) is 5.41 Å². The van der Waals surface area contributed by atoms with E-state index in [2.05, 4.69) is 32.9 Å². The zero-order chi connectivity index (χ0) is 15.6. The lowest BCUT2D eigenvalue weighted by atomic mass is 9.83. The maximum absolute atomic E-state index is 12.3. The molecule has 20 heavy (non-hydrogen) atoms. The number of carbonyl (C=O) groups excluding carboxylic acids is 1. The Balaban J connectivity index is 2.81. The molecule has 0 saturated heterocycles. The number of carbonyl (C=O) groups is 1. The summed E-state index contributed by atoms with van der Waals surface area (Å²) in [4.78, 5) is 12.3. The molecule has 0 aromatic heterocycles. The van der Waals surface area contributed by atoms with Gasteiger partial charge in [-0.2, -0.15) is 0 Å².